The van der Waals surface area contributed by atoms with Crippen LogP contribution in [0.25, 0.3) is 0 Å². The zero-order chi connectivity index (χ0) is 19.4. The van der Waals surface area contributed by atoms with Gasteiger partial charge in [0.15, 0.2) is 5.78 Å². The van der Waals surface area contributed by atoms with Crippen LogP contribution in [-0.2, 0) is 6.54 Å². The van der Waals surface area contributed by atoms with Gasteiger partial charge in [0, 0.05) is 17.8 Å². The lowest BCUT2D eigenvalue weighted by atomic mass is 9.98. The molecular weight excluding hydrogens is 340 g/mol. The standard InChI is InChI=1S/C22H28N2O3/c1-14-20(16(3)25)15(2)24-21(14)22(26)23-13-17-9-11-19(12-10-17)27-18-7-5-4-6-8-18/h9-12,18,24H,4-8,13H2,1-3H3,(H,23,26). The Bertz CT molecular complexity index is 815. The minimum absolute atomic E-state index is 0.0335. The highest BCUT2D eigenvalue weighted by Crippen LogP contribution is 2.23. The maximum Gasteiger partial charge on any atom is 0.268 e. The third kappa shape index (κ3) is 4.59. The molecule has 0 saturated heterocycles. The fourth-order valence-electron chi connectivity index (χ4n) is 3.84. The average molecular weight is 368 g/mol. The van der Waals surface area contributed by atoms with Gasteiger partial charge in [-0.3, -0.25) is 9.59 Å². The van der Waals surface area contributed by atoms with Crippen molar-refractivity contribution in [2.45, 2.75) is 65.5 Å². The number of H-pyrrole nitrogens is 1. The fourth-order valence-corrected chi connectivity index (χ4v) is 3.84. The molecule has 1 heterocycles. The largest absolute Gasteiger partial charge is 0.490 e. The summed E-state index contributed by atoms with van der Waals surface area (Å²) in [6.45, 7) is 5.55. The molecule has 0 unspecified atom stereocenters. The van der Waals surface area contributed by atoms with E-state index in [0.717, 1.165) is 29.8 Å². The Balaban J connectivity index is 1.57. The van der Waals surface area contributed by atoms with Gasteiger partial charge in [-0.2, -0.15) is 0 Å². The molecule has 1 aromatic heterocycles. The van der Waals surface area contributed by atoms with E-state index in [9.17, 15) is 9.59 Å². The fraction of sp³-hybridized carbons (Fsp3) is 0.455. The van der Waals surface area contributed by atoms with E-state index in [4.69, 9.17) is 4.74 Å². The zero-order valence-electron chi connectivity index (χ0n) is 16.4. The van der Waals surface area contributed by atoms with Crippen molar-refractivity contribution in [3.05, 3.63) is 52.3 Å². The van der Waals surface area contributed by atoms with Crippen molar-refractivity contribution in [2.75, 3.05) is 0 Å². The molecule has 1 aromatic carbocycles. The van der Waals surface area contributed by atoms with Crippen molar-refractivity contribution >= 4 is 11.7 Å². The van der Waals surface area contributed by atoms with Crippen LogP contribution in [0.1, 0.15) is 76.7 Å². The normalized spacial score (nSPS) is 14.8. The molecule has 1 saturated carbocycles. The summed E-state index contributed by atoms with van der Waals surface area (Å²) in [4.78, 5) is 27.2. The number of carbonyl (C=O) groups is 2. The number of hydrogen-bond donors (Lipinski definition) is 2. The summed E-state index contributed by atoms with van der Waals surface area (Å²) in [7, 11) is 0. The summed E-state index contributed by atoms with van der Waals surface area (Å²) >= 11 is 0. The molecule has 0 aliphatic heterocycles. The Labute approximate surface area is 160 Å². The molecule has 5 heteroatoms. The monoisotopic (exact) mass is 368 g/mol. The summed E-state index contributed by atoms with van der Waals surface area (Å²) in [5, 5.41) is 2.91. The van der Waals surface area contributed by atoms with Crippen LogP contribution in [0.15, 0.2) is 24.3 Å². The molecule has 1 aliphatic carbocycles. The first-order valence-corrected chi connectivity index (χ1v) is 9.69. The minimum atomic E-state index is -0.203. The van der Waals surface area contributed by atoms with Crippen LogP contribution in [0, 0.1) is 13.8 Å². The molecule has 1 amide bonds. The average Bonchev–Trinajstić information content (AvgIpc) is 2.96. The Morgan fingerprint density at radius 1 is 1.11 bits per heavy atom. The summed E-state index contributed by atoms with van der Waals surface area (Å²) in [6, 6.07) is 7.89. The Kier molecular flexibility index (Phi) is 5.99. The summed E-state index contributed by atoms with van der Waals surface area (Å²) in [6.07, 6.45) is 6.41. The van der Waals surface area contributed by atoms with Gasteiger partial charge < -0.3 is 15.0 Å². The maximum atomic E-state index is 12.5. The summed E-state index contributed by atoms with van der Waals surface area (Å²) < 4.78 is 6.03. The zero-order valence-corrected chi connectivity index (χ0v) is 16.4. The van der Waals surface area contributed by atoms with E-state index in [0.29, 0.717) is 29.5 Å². The van der Waals surface area contributed by atoms with Gasteiger partial charge in [-0.25, -0.2) is 0 Å². The van der Waals surface area contributed by atoms with E-state index in [1.807, 2.05) is 31.2 Å². The van der Waals surface area contributed by atoms with Gasteiger partial charge >= 0.3 is 0 Å². The smallest absolute Gasteiger partial charge is 0.268 e. The van der Waals surface area contributed by atoms with E-state index in [1.54, 1.807) is 6.92 Å². The Morgan fingerprint density at radius 2 is 1.78 bits per heavy atom. The molecule has 1 aliphatic rings. The van der Waals surface area contributed by atoms with Gasteiger partial charge in [0.2, 0.25) is 0 Å². The predicted octanol–water partition coefficient (Wildman–Crippen LogP) is 4.48. The van der Waals surface area contributed by atoms with Gasteiger partial charge in [0.25, 0.3) is 5.91 Å². The number of benzene rings is 1. The Morgan fingerprint density at radius 3 is 2.37 bits per heavy atom. The third-order valence-corrected chi connectivity index (χ3v) is 5.25. The van der Waals surface area contributed by atoms with Crippen LogP contribution in [0.2, 0.25) is 0 Å². The van der Waals surface area contributed by atoms with Crippen LogP contribution in [0.5, 0.6) is 5.75 Å². The lowest BCUT2D eigenvalue weighted by molar-refractivity contribution is 0.0945. The molecular formula is C22H28N2O3. The van der Waals surface area contributed by atoms with E-state index in [1.165, 1.54) is 26.2 Å². The highest BCUT2D eigenvalue weighted by molar-refractivity contribution is 6.02. The van der Waals surface area contributed by atoms with E-state index >= 15 is 0 Å². The second-order valence-electron chi connectivity index (χ2n) is 7.39. The van der Waals surface area contributed by atoms with Gasteiger partial charge in [-0.1, -0.05) is 18.6 Å². The first-order valence-electron chi connectivity index (χ1n) is 9.69. The van der Waals surface area contributed by atoms with Gasteiger partial charge in [-0.05, 0) is 69.7 Å². The van der Waals surface area contributed by atoms with Crippen LogP contribution < -0.4 is 10.1 Å². The van der Waals surface area contributed by atoms with E-state index < -0.39 is 0 Å². The summed E-state index contributed by atoms with van der Waals surface area (Å²) in [5.74, 6) is 0.651. The number of hydrogen-bond acceptors (Lipinski definition) is 3. The lowest BCUT2D eigenvalue weighted by Crippen LogP contribution is -2.24. The molecule has 2 aromatic rings. The first-order chi connectivity index (χ1) is 13.0. The van der Waals surface area contributed by atoms with Crippen molar-refractivity contribution in [3.8, 4) is 5.75 Å². The number of aryl methyl sites for hydroxylation is 1. The van der Waals surface area contributed by atoms with Crippen LogP contribution in [0.4, 0.5) is 0 Å². The second kappa shape index (κ2) is 8.42. The molecule has 3 rings (SSSR count). The highest BCUT2D eigenvalue weighted by Gasteiger charge is 2.19. The minimum Gasteiger partial charge on any atom is -0.490 e. The molecule has 1 fully saturated rings. The molecule has 0 bridgehead atoms. The number of aromatic amines is 1. The number of carbonyl (C=O) groups excluding carboxylic acids is 2. The third-order valence-electron chi connectivity index (χ3n) is 5.25. The number of aromatic nitrogens is 1. The van der Waals surface area contributed by atoms with Crippen LogP contribution in [-0.4, -0.2) is 22.8 Å². The topological polar surface area (TPSA) is 71.2 Å². The van der Waals surface area contributed by atoms with Crippen molar-refractivity contribution in [3.63, 3.8) is 0 Å². The van der Waals surface area contributed by atoms with Crippen molar-refractivity contribution in [1.29, 1.82) is 0 Å². The van der Waals surface area contributed by atoms with E-state index in [-0.39, 0.29) is 11.7 Å². The van der Waals surface area contributed by atoms with Crippen molar-refractivity contribution in [2.24, 2.45) is 0 Å². The molecule has 27 heavy (non-hydrogen) atoms. The van der Waals surface area contributed by atoms with Crippen molar-refractivity contribution in [1.82, 2.24) is 10.3 Å². The quantitative estimate of drug-likeness (QED) is 0.739. The first kappa shape index (κ1) is 19.2. The number of Topliss-reactive ketones (excluding diaryl/α,β-unsaturated/α-hetero) is 1. The summed E-state index contributed by atoms with van der Waals surface area (Å²) in [5.41, 5.74) is 3.49. The number of ether oxygens (including phenoxy) is 1. The van der Waals surface area contributed by atoms with Crippen molar-refractivity contribution < 1.29 is 14.3 Å². The molecule has 0 spiro atoms. The second-order valence-corrected chi connectivity index (χ2v) is 7.39. The maximum absolute atomic E-state index is 12.5. The molecule has 5 nitrogen and oxygen atoms in total. The predicted molar refractivity (Wildman–Crippen MR) is 105 cm³/mol. The van der Waals surface area contributed by atoms with Gasteiger partial charge in [0.1, 0.15) is 11.4 Å². The Hall–Kier alpha value is -2.56. The lowest BCUT2D eigenvalue weighted by Gasteiger charge is -2.23. The molecule has 2 N–H and O–H groups in total. The van der Waals surface area contributed by atoms with E-state index in [2.05, 4.69) is 10.3 Å². The van der Waals surface area contributed by atoms with Crippen LogP contribution >= 0.6 is 0 Å². The molecule has 144 valence electrons. The number of amides is 1. The van der Waals surface area contributed by atoms with Crippen LogP contribution in [0.3, 0.4) is 0 Å². The molecule has 0 radical (unpaired) electrons. The number of nitrogens with one attached hydrogen (secondary N) is 2. The number of ketones is 1. The highest BCUT2D eigenvalue weighted by atomic mass is 16.5. The van der Waals surface area contributed by atoms with Gasteiger partial charge in [-0.15, -0.1) is 0 Å². The molecule has 0 atom stereocenters. The SMILES string of the molecule is CC(=O)c1c(C)[nH]c(C(=O)NCc2ccc(OC3CCCCC3)cc2)c1C. The number of rotatable bonds is 6. The van der Waals surface area contributed by atoms with Gasteiger partial charge in [0.05, 0.1) is 6.10 Å².